The smallest absolute Gasteiger partial charge is 0.335 e. The molecule has 138 valence electrons. The van der Waals surface area contributed by atoms with Crippen molar-refractivity contribution in [2.75, 3.05) is 25.5 Å². The second-order valence-corrected chi connectivity index (χ2v) is 8.18. The van der Waals surface area contributed by atoms with Crippen molar-refractivity contribution >= 4 is 27.6 Å². The fraction of sp³-hybridized carbons (Fsp3) is 0.450. The number of esters is 1. The summed E-state index contributed by atoms with van der Waals surface area (Å²) in [6.07, 6.45) is 2.58. The van der Waals surface area contributed by atoms with Crippen LogP contribution in [0.2, 0.25) is 0 Å². The first-order chi connectivity index (χ1) is 12.5. The van der Waals surface area contributed by atoms with E-state index in [0.29, 0.717) is 12.0 Å². The molecule has 0 radical (unpaired) electrons. The van der Waals surface area contributed by atoms with E-state index in [-0.39, 0.29) is 12.0 Å². The van der Waals surface area contributed by atoms with E-state index in [2.05, 4.69) is 32.2 Å². The van der Waals surface area contributed by atoms with Gasteiger partial charge < -0.3 is 15.2 Å². The summed E-state index contributed by atoms with van der Waals surface area (Å²) in [5.41, 5.74) is 3.28. The number of carbonyl (C=O) groups excluding carboxylic acids is 1. The molecule has 0 amide bonds. The van der Waals surface area contributed by atoms with Gasteiger partial charge in [-0.05, 0) is 25.0 Å². The largest absolute Gasteiger partial charge is 0.466 e. The zero-order valence-corrected chi connectivity index (χ0v) is 16.5. The highest BCUT2D eigenvalue weighted by Gasteiger charge is 2.60. The molecule has 1 saturated heterocycles. The maximum atomic E-state index is 12.4. The van der Waals surface area contributed by atoms with Gasteiger partial charge in [0.25, 0.3) is 0 Å². The molecule has 4 rings (SSSR count). The summed E-state index contributed by atoms with van der Waals surface area (Å²) in [4.78, 5) is 14.8. The Balaban J connectivity index is 1.89. The van der Waals surface area contributed by atoms with Crippen molar-refractivity contribution in [1.29, 1.82) is 0 Å². The van der Waals surface area contributed by atoms with Gasteiger partial charge in [-0.1, -0.05) is 40.2 Å². The van der Waals surface area contributed by atoms with E-state index in [4.69, 9.17) is 4.74 Å². The number of hydrogen-bond acceptors (Lipinski definition) is 5. The molecule has 1 aromatic rings. The SMILES string of the molecule is C/C=C(\Br)CN1CC[C@]23C(=C(C(=O)OC)C[C@@H](O)[C@H]12)Nc1ccccc13. The molecule has 5 nitrogen and oxygen atoms in total. The molecule has 2 N–H and O–H groups in total. The number of methoxy groups -OCH3 is 1. The molecule has 3 aliphatic rings. The summed E-state index contributed by atoms with van der Waals surface area (Å²) in [5, 5.41) is 14.6. The first kappa shape index (κ1) is 17.8. The lowest BCUT2D eigenvalue weighted by molar-refractivity contribution is -0.137. The minimum absolute atomic E-state index is 0.0745. The predicted molar refractivity (Wildman–Crippen MR) is 104 cm³/mol. The molecule has 0 saturated carbocycles. The fourth-order valence-corrected chi connectivity index (χ4v) is 5.28. The molecule has 2 aliphatic heterocycles. The number of aliphatic hydroxyl groups excluding tert-OH is 1. The van der Waals surface area contributed by atoms with Crippen LogP contribution in [0.3, 0.4) is 0 Å². The van der Waals surface area contributed by atoms with Crippen molar-refractivity contribution in [1.82, 2.24) is 4.90 Å². The molecular weight excluding hydrogens is 396 g/mol. The Morgan fingerprint density at radius 2 is 2.27 bits per heavy atom. The molecule has 26 heavy (non-hydrogen) atoms. The number of aliphatic hydroxyl groups is 1. The Bertz CT molecular complexity index is 819. The molecule has 1 spiro atoms. The van der Waals surface area contributed by atoms with Gasteiger partial charge in [0.15, 0.2) is 0 Å². The van der Waals surface area contributed by atoms with Gasteiger partial charge in [0.1, 0.15) is 0 Å². The minimum atomic E-state index is -0.625. The van der Waals surface area contributed by atoms with Crippen molar-refractivity contribution in [2.24, 2.45) is 0 Å². The fourth-order valence-electron chi connectivity index (χ4n) is 4.96. The van der Waals surface area contributed by atoms with Crippen LogP contribution >= 0.6 is 15.9 Å². The third kappa shape index (κ3) is 2.39. The van der Waals surface area contributed by atoms with Gasteiger partial charge in [0, 0.05) is 35.4 Å². The lowest BCUT2D eigenvalue weighted by atomic mass is 9.66. The summed E-state index contributed by atoms with van der Waals surface area (Å²) in [6, 6.07) is 8.10. The lowest BCUT2D eigenvalue weighted by Crippen LogP contribution is -2.54. The number of nitrogens with one attached hydrogen (secondary N) is 1. The maximum Gasteiger partial charge on any atom is 0.335 e. The van der Waals surface area contributed by atoms with Crippen molar-refractivity contribution in [3.05, 3.63) is 51.7 Å². The number of rotatable bonds is 3. The number of ether oxygens (including phenoxy) is 1. The highest BCUT2D eigenvalue weighted by atomic mass is 79.9. The Morgan fingerprint density at radius 3 is 3.00 bits per heavy atom. The van der Waals surface area contributed by atoms with E-state index in [0.717, 1.165) is 35.4 Å². The van der Waals surface area contributed by atoms with Crippen LogP contribution in [0.15, 0.2) is 46.1 Å². The summed E-state index contributed by atoms with van der Waals surface area (Å²) >= 11 is 3.61. The predicted octanol–water partition coefficient (Wildman–Crippen LogP) is 2.91. The van der Waals surface area contributed by atoms with Gasteiger partial charge in [0.05, 0.1) is 30.2 Å². The first-order valence-corrected chi connectivity index (χ1v) is 9.73. The number of likely N-dealkylation sites (tertiary alicyclic amines) is 1. The van der Waals surface area contributed by atoms with Crippen molar-refractivity contribution < 1.29 is 14.6 Å². The number of allylic oxidation sites excluding steroid dienone is 1. The summed E-state index contributed by atoms with van der Waals surface area (Å²) in [5.74, 6) is -0.356. The van der Waals surface area contributed by atoms with Crippen LogP contribution in [-0.4, -0.2) is 48.3 Å². The minimum Gasteiger partial charge on any atom is -0.466 e. The highest BCUT2D eigenvalue weighted by Crippen LogP contribution is 2.57. The number of anilines is 1. The quantitative estimate of drug-likeness (QED) is 0.738. The molecule has 0 aromatic heterocycles. The van der Waals surface area contributed by atoms with Crippen LogP contribution in [-0.2, 0) is 14.9 Å². The van der Waals surface area contributed by atoms with Crippen LogP contribution in [0.25, 0.3) is 0 Å². The Hall–Kier alpha value is -1.63. The number of nitrogens with zero attached hydrogens (tertiary/aromatic N) is 1. The molecule has 1 aliphatic carbocycles. The molecule has 6 heteroatoms. The molecule has 0 unspecified atom stereocenters. The van der Waals surface area contributed by atoms with Crippen LogP contribution in [0.4, 0.5) is 5.69 Å². The average Bonchev–Trinajstić information content (AvgIpc) is 3.19. The monoisotopic (exact) mass is 418 g/mol. The van der Waals surface area contributed by atoms with E-state index < -0.39 is 11.5 Å². The summed E-state index contributed by atoms with van der Waals surface area (Å²) < 4.78 is 6.12. The van der Waals surface area contributed by atoms with E-state index in [9.17, 15) is 9.90 Å². The number of hydrogen-bond donors (Lipinski definition) is 2. The van der Waals surface area contributed by atoms with Gasteiger partial charge >= 0.3 is 5.97 Å². The van der Waals surface area contributed by atoms with Crippen LogP contribution in [0.1, 0.15) is 25.3 Å². The topological polar surface area (TPSA) is 61.8 Å². The third-order valence-electron chi connectivity index (χ3n) is 5.98. The number of para-hydroxylation sites is 1. The number of carbonyl (C=O) groups is 1. The summed E-state index contributed by atoms with van der Waals surface area (Å²) in [7, 11) is 1.40. The average molecular weight is 419 g/mol. The Labute approximate surface area is 161 Å². The van der Waals surface area contributed by atoms with Gasteiger partial charge in [0.2, 0.25) is 0 Å². The van der Waals surface area contributed by atoms with Crippen LogP contribution in [0.5, 0.6) is 0 Å². The molecule has 2 heterocycles. The second-order valence-electron chi connectivity index (χ2n) is 7.16. The number of halogens is 1. The third-order valence-corrected chi connectivity index (χ3v) is 6.69. The molecule has 1 fully saturated rings. The zero-order valence-electron chi connectivity index (χ0n) is 15.0. The normalized spacial score (nSPS) is 30.5. The molecule has 3 atom stereocenters. The standard InChI is InChI=1S/C20H23BrN2O3/c1-3-12(21)11-23-9-8-20-14-6-4-5-7-15(14)22-17(20)13(19(25)26-2)10-16(24)18(20)23/h3-7,16,18,22,24H,8-11H2,1-2H3/b12-3-/t16-,18+,20+/m1/s1. The van der Waals surface area contributed by atoms with Gasteiger partial charge in [-0.15, -0.1) is 0 Å². The van der Waals surface area contributed by atoms with Crippen molar-refractivity contribution in [2.45, 2.75) is 37.3 Å². The van der Waals surface area contributed by atoms with E-state index >= 15 is 0 Å². The van der Waals surface area contributed by atoms with Gasteiger partial charge in [-0.2, -0.15) is 0 Å². The van der Waals surface area contributed by atoms with Gasteiger partial charge in [-0.25, -0.2) is 4.79 Å². The molecular formula is C20H23BrN2O3. The Morgan fingerprint density at radius 1 is 1.50 bits per heavy atom. The lowest BCUT2D eigenvalue weighted by Gasteiger charge is -2.43. The van der Waals surface area contributed by atoms with Crippen molar-refractivity contribution in [3.63, 3.8) is 0 Å². The maximum absolute atomic E-state index is 12.4. The van der Waals surface area contributed by atoms with Crippen LogP contribution < -0.4 is 5.32 Å². The first-order valence-electron chi connectivity index (χ1n) is 8.94. The van der Waals surface area contributed by atoms with Crippen molar-refractivity contribution in [3.8, 4) is 0 Å². The molecule has 0 bridgehead atoms. The summed E-state index contributed by atoms with van der Waals surface area (Å²) in [6.45, 7) is 3.61. The van der Waals surface area contributed by atoms with Gasteiger partial charge in [-0.3, -0.25) is 4.90 Å². The number of benzene rings is 1. The Kier molecular flexibility index (Phi) is 4.45. The van der Waals surface area contributed by atoms with Crippen LogP contribution in [0, 0.1) is 0 Å². The second kappa shape index (κ2) is 6.51. The van der Waals surface area contributed by atoms with E-state index in [1.807, 2.05) is 31.2 Å². The zero-order chi connectivity index (χ0) is 18.5. The van der Waals surface area contributed by atoms with E-state index in [1.165, 1.54) is 12.7 Å². The van der Waals surface area contributed by atoms with E-state index in [1.54, 1.807) is 0 Å². The molecule has 1 aromatic carbocycles. The highest BCUT2D eigenvalue weighted by molar-refractivity contribution is 9.11. The number of fused-ring (bicyclic) bond motifs is 1.